The highest BCUT2D eigenvalue weighted by molar-refractivity contribution is 7.94. The highest BCUT2D eigenvalue weighted by atomic mass is 35.5. The fourth-order valence-electron chi connectivity index (χ4n) is 1.85. The molecule has 0 amide bonds. The van der Waals surface area contributed by atoms with E-state index in [0.717, 1.165) is 11.5 Å². The van der Waals surface area contributed by atoms with E-state index in [1.54, 1.807) is 0 Å². The van der Waals surface area contributed by atoms with Crippen molar-refractivity contribution in [1.82, 2.24) is 0 Å². The zero-order valence-electron chi connectivity index (χ0n) is 10.6. The largest absolute Gasteiger partial charge is 0.426 e. The van der Waals surface area contributed by atoms with Crippen LogP contribution in [0, 0.1) is 16.0 Å². The Morgan fingerprint density at radius 2 is 2.19 bits per heavy atom. The summed E-state index contributed by atoms with van der Waals surface area (Å²) in [4.78, 5) is 21.6. The van der Waals surface area contributed by atoms with Crippen LogP contribution in [0.3, 0.4) is 0 Å². The van der Waals surface area contributed by atoms with Crippen molar-refractivity contribution in [1.29, 1.82) is 0 Å². The lowest BCUT2D eigenvalue weighted by molar-refractivity contribution is -0.384. The Morgan fingerprint density at radius 1 is 1.48 bits per heavy atom. The number of halogens is 1. The van der Waals surface area contributed by atoms with Crippen LogP contribution in [0.5, 0.6) is 5.75 Å². The molecule has 0 aliphatic carbocycles. The summed E-state index contributed by atoms with van der Waals surface area (Å²) in [5, 5.41) is 11.5. The van der Waals surface area contributed by atoms with Crippen molar-refractivity contribution in [3.05, 3.63) is 44.8 Å². The first kappa shape index (κ1) is 15.5. The minimum Gasteiger partial charge on any atom is -0.426 e. The van der Waals surface area contributed by atoms with Gasteiger partial charge in [0.2, 0.25) is 0 Å². The van der Waals surface area contributed by atoms with Crippen LogP contribution in [0.25, 0.3) is 0 Å². The number of nitrogens with zero attached hydrogens (tertiary/aromatic N) is 1. The normalized spacial score (nSPS) is 19.4. The molecule has 1 heterocycles. The summed E-state index contributed by atoms with van der Waals surface area (Å²) < 4.78 is 27.4. The maximum Gasteiger partial charge on any atom is 0.311 e. The van der Waals surface area contributed by atoms with Gasteiger partial charge in [-0.05, 0) is 6.07 Å². The molecule has 0 saturated carbocycles. The second kappa shape index (κ2) is 5.82. The average Bonchev–Trinajstić information content (AvgIpc) is 2.67. The maximum atomic E-state index is 11.7. The lowest BCUT2D eigenvalue weighted by atomic mass is 10.1. The van der Waals surface area contributed by atoms with Crippen molar-refractivity contribution in [2.24, 2.45) is 5.92 Å². The van der Waals surface area contributed by atoms with Crippen LogP contribution < -0.4 is 4.74 Å². The number of carbonyl (C=O) groups excluding carboxylic acids is 1. The van der Waals surface area contributed by atoms with Gasteiger partial charge in [0.15, 0.2) is 9.84 Å². The van der Waals surface area contributed by atoms with Gasteiger partial charge in [0.25, 0.3) is 5.69 Å². The van der Waals surface area contributed by atoms with Gasteiger partial charge in [-0.25, -0.2) is 8.42 Å². The quantitative estimate of drug-likeness (QED) is 0.362. The molecule has 1 aromatic rings. The molecule has 112 valence electrons. The van der Waals surface area contributed by atoms with E-state index in [2.05, 4.69) is 0 Å². The molecule has 1 aliphatic heterocycles. The SMILES string of the molecule is O=C(CC1C=CS(=O)(=O)C1)Oc1ccc([N+](=O)[O-])c(Cl)c1. The van der Waals surface area contributed by atoms with Gasteiger partial charge < -0.3 is 4.74 Å². The van der Waals surface area contributed by atoms with Gasteiger partial charge in [-0.15, -0.1) is 0 Å². The van der Waals surface area contributed by atoms with E-state index in [0.29, 0.717) is 0 Å². The van der Waals surface area contributed by atoms with E-state index in [-0.39, 0.29) is 28.6 Å². The molecule has 21 heavy (non-hydrogen) atoms. The van der Waals surface area contributed by atoms with E-state index >= 15 is 0 Å². The van der Waals surface area contributed by atoms with Crippen LogP contribution in [-0.4, -0.2) is 25.1 Å². The number of rotatable bonds is 4. The van der Waals surface area contributed by atoms with E-state index in [9.17, 15) is 23.3 Å². The zero-order valence-corrected chi connectivity index (χ0v) is 12.1. The van der Waals surface area contributed by atoms with Crippen molar-refractivity contribution in [2.75, 3.05) is 5.75 Å². The summed E-state index contributed by atoms with van der Waals surface area (Å²) in [7, 11) is -3.22. The van der Waals surface area contributed by atoms with Crippen molar-refractivity contribution in [3.8, 4) is 5.75 Å². The summed E-state index contributed by atoms with van der Waals surface area (Å²) in [5.41, 5.74) is -0.290. The number of nitro benzene ring substituents is 1. The van der Waals surface area contributed by atoms with Crippen molar-refractivity contribution in [3.63, 3.8) is 0 Å². The standard InChI is InChI=1S/C12H10ClNO6S/c13-10-6-9(1-2-11(10)14(16)17)20-12(15)5-8-3-4-21(18,19)7-8/h1-4,6,8H,5,7H2. The number of hydrogen-bond donors (Lipinski definition) is 0. The van der Waals surface area contributed by atoms with Gasteiger partial charge in [0.05, 0.1) is 17.1 Å². The molecule has 2 rings (SSSR count). The highest BCUT2D eigenvalue weighted by Crippen LogP contribution is 2.29. The maximum absolute atomic E-state index is 11.7. The molecule has 0 spiro atoms. The lowest BCUT2D eigenvalue weighted by Gasteiger charge is -2.07. The van der Waals surface area contributed by atoms with Crippen LogP contribution in [0.1, 0.15) is 6.42 Å². The van der Waals surface area contributed by atoms with Gasteiger partial charge in [-0.2, -0.15) is 0 Å². The number of benzene rings is 1. The molecule has 0 aromatic heterocycles. The van der Waals surface area contributed by atoms with E-state index in [4.69, 9.17) is 16.3 Å². The van der Waals surface area contributed by atoms with Crippen molar-refractivity contribution >= 4 is 33.1 Å². The number of sulfone groups is 1. The van der Waals surface area contributed by atoms with Gasteiger partial charge in [0, 0.05) is 23.5 Å². The Labute approximate surface area is 125 Å². The van der Waals surface area contributed by atoms with Crippen LogP contribution in [0.15, 0.2) is 29.7 Å². The summed E-state index contributed by atoms with van der Waals surface area (Å²) in [6, 6.07) is 3.55. The molecule has 1 aromatic carbocycles. The van der Waals surface area contributed by atoms with Gasteiger partial charge in [-0.3, -0.25) is 14.9 Å². The molecular formula is C12H10ClNO6S. The van der Waals surface area contributed by atoms with Crippen LogP contribution in [0.4, 0.5) is 5.69 Å². The zero-order chi connectivity index (χ0) is 15.6. The molecule has 1 unspecified atom stereocenters. The summed E-state index contributed by atoms with van der Waals surface area (Å²) in [5.74, 6) is -1.11. The minimum atomic E-state index is -3.22. The monoisotopic (exact) mass is 331 g/mol. The molecule has 0 radical (unpaired) electrons. The third-order valence-electron chi connectivity index (χ3n) is 2.78. The Hall–Kier alpha value is -1.93. The van der Waals surface area contributed by atoms with Crippen molar-refractivity contribution < 1.29 is 22.9 Å². The van der Waals surface area contributed by atoms with Crippen molar-refractivity contribution in [2.45, 2.75) is 6.42 Å². The smallest absolute Gasteiger partial charge is 0.311 e. The van der Waals surface area contributed by atoms with Crippen LogP contribution >= 0.6 is 11.6 Å². The predicted octanol–water partition coefficient (Wildman–Crippen LogP) is 2.10. The Bertz CT molecular complexity index is 727. The van der Waals surface area contributed by atoms with Gasteiger partial charge in [-0.1, -0.05) is 17.7 Å². The van der Waals surface area contributed by atoms with Gasteiger partial charge in [0.1, 0.15) is 10.8 Å². The third kappa shape index (κ3) is 4.02. The van der Waals surface area contributed by atoms with Crippen LogP contribution in [0.2, 0.25) is 5.02 Å². The Morgan fingerprint density at radius 3 is 2.71 bits per heavy atom. The molecule has 1 aliphatic rings. The minimum absolute atomic E-state index is 0.0698. The number of carbonyl (C=O) groups is 1. The highest BCUT2D eigenvalue weighted by Gasteiger charge is 2.25. The molecular weight excluding hydrogens is 322 g/mol. The predicted molar refractivity (Wildman–Crippen MR) is 74.8 cm³/mol. The molecule has 0 saturated heterocycles. The third-order valence-corrected chi connectivity index (χ3v) is 4.55. The molecule has 9 heteroatoms. The van der Waals surface area contributed by atoms with Gasteiger partial charge >= 0.3 is 5.97 Å². The van der Waals surface area contributed by atoms with E-state index in [1.165, 1.54) is 18.2 Å². The topological polar surface area (TPSA) is 104 Å². The lowest BCUT2D eigenvalue weighted by Crippen LogP contribution is -2.15. The average molecular weight is 332 g/mol. The molecule has 7 nitrogen and oxygen atoms in total. The summed E-state index contributed by atoms with van der Waals surface area (Å²) in [6.07, 6.45) is 1.35. The van der Waals surface area contributed by atoms with Crippen LogP contribution in [-0.2, 0) is 14.6 Å². The first-order valence-corrected chi connectivity index (χ1v) is 7.92. The molecule has 0 fully saturated rings. The molecule has 0 N–H and O–H groups in total. The number of ether oxygens (including phenoxy) is 1. The second-order valence-corrected chi connectivity index (χ2v) is 6.81. The Balaban J connectivity index is 1.99. The first-order valence-electron chi connectivity index (χ1n) is 5.82. The Kier molecular flexibility index (Phi) is 4.29. The number of nitro groups is 1. The summed E-state index contributed by atoms with van der Waals surface area (Å²) >= 11 is 5.69. The number of esters is 1. The fraction of sp³-hybridized carbons (Fsp3) is 0.250. The molecule has 0 bridgehead atoms. The fourth-order valence-corrected chi connectivity index (χ4v) is 3.49. The van der Waals surface area contributed by atoms with E-state index in [1.807, 2.05) is 0 Å². The molecule has 1 atom stereocenters. The van der Waals surface area contributed by atoms with E-state index < -0.39 is 26.6 Å². The summed E-state index contributed by atoms with van der Waals surface area (Å²) in [6.45, 7) is 0. The number of hydrogen-bond acceptors (Lipinski definition) is 6. The second-order valence-electron chi connectivity index (χ2n) is 4.47. The first-order chi connectivity index (χ1) is 9.77. The number of allylic oxidation sites excluding steroid dienone is 1.